The van der Waals surface area contributed by atoms with E-state index in [-0.39, 0.29) is 55.5 Å². The number of nitrogens with one attached hydrogen (secondary N) is 5. The number of carbonyl (C=O) groups is 7. The van der Waals surface area contributed by atoms with Gasteiger partial charge in [-0.2, -0.15) is 13.6 Å². The molecular weight excluding hydrogens is 1030 g/mol. The van der Waals surface area contributed by atoms with E-state index >= 15 is 0 Å². The molecule has 1 aliphatic heterocycles. The van der Waals surface area contributed by atoms with Crippen LogP contribution in [0.5, 0.6) is 0 Å². The number of likely N-dealkylation sites (N-methyl/N-ethyl adjacent to an activating group) is 1. The molecule has 1 aromatic rings. The summed E-state index contributed by atoms with van der Waals surface area (Å²) < 4.78 is 52.5. The molecule has 1 aliphatic rings. The molecule has 36 heteroatoms. The fourth-order valence-corrected chi connectivity index (χ4v) is 10.7. The highest BCUT2D eigenvalue weighted by molar-refractivity contribution is 8.76. The predicted molar refractivity (Wildman–Crippen MR) is 237 cm³/mol. The fourth-order valence-electron chi connectivity index (χ4n) is 5.48. The third-order valence-electron chi connectivity index (χ3n) is 8.71. The molecule has 388 valence electrons. The van der Waals surface area contributed by atoms with Crippen LogP contribution >= 0.6 is 45.1 Å². The van der Waals surface area contributed by atoms with Gasteiger partial charge in [0.05, 0.1) is 43.7 Å². The standard InChI is InChI=1S/C33H51N8O23P3S2/c1-35-21(30(49)37-9-4-2-3-7-25(44)38-19(12-27(45)46)31(50)39-20(32(51)52)13-28(47)48)17-69-68-11-8-24(43)36-10-5-6-18-15-41(33(53)40-29(18)34)26-14-22(42)23(62-26)16-61-66(57,58)64-67(59,60)63-65(54,55)56/h15,19-23,26,35,42H,2-4,7-14,16-17H2,1H3,(H,36,43)(H,37,49)(H,38,44)(H,39,50)(H,45,46)(H,47,48)(H,51,52)(H,57,58)(H,59,60)(H2,34,40,53)(H2,54,55,56)/t19?,20?,21?,22-,23-,26-/m1/s1. The molecular formula is C33H51N8O23P3S2. The number of aliphatic hydroxyl groups excluding tert-OH is 1. The quantitative estimate of drug-likeness (QED) is 0.0156. The molecule has 0 aliphatic carbocycles. The summed E-state index contributed by atoms with van der Waals surface area (Å²) in [4.78, 5) is 136. The number of aromatic nitrogens is 2. The first-order chi connectivity index (χ1) is 32.1. The summed E-state index contributed by atoms with van der Waals surface area (Å²) in [7, 11) is -12.7. The van der Waals surface area contributed by atoms with E-state index in [4.69, 9.17) is 35.6 Å². The van der Waals surface area contributed by atoms with Gasteiger partial charge in [-0.1, -0.05) is 39.8 Å². The van der Waals surface area contributed by atoms with Crippen molar-refractivity contribution >= 4 is 92.4 Å². The first-order valence-electron chi connectivity index (χ1n) is 19.8. The number of nitrogens with zero attached hydrogens (tertiary/aromatic N) is 2. The maximum Gasteiger partial charge on any atom is 0.490 e. The van der Waals surface area contributed by atoms with E-state index in [1.807, 2.05) is 5.32 Å². The van der Waals surface area contributed by atoms with Crippen LogP contribution in [-0.2, 0) is 65.1 Å². The number of anilines is 1. The summed E-state index contributed by atoms with van der Waals surface area (Å²) in [6, 6.07) is -4.09. The van der Waals surface area contributed by atoms with Crippen LogP contribution < -0.4 is 38.0 Å². The zero-order valence-corrected chi connectivity index (χ0v) is 40.4. The lowest BCUT2D eigenvalue weighted by atomic mass is 10.1. The number of ether oxygens (including phenoxy) is 1. The van der Waals surface area contributed by atoms with E-state index in [1.54, 1.807) is 7.05 Å². The Morgan fingerprint density at radius 3 is 2.17 bits per heavy atom. The number of amides is 4. The van der Waals surface area contributed by atoms with Crippen molar-refractivity contribution in [2.75, 3.05) is 44.0 Å². The summed E-state index contributed by atoms with van der Waals surface area (Å²) in [5.74, 6) is -1.49. The minimum atomic E-state index is -5.79. The van der Waals surface area contributed by atoms with Gasteiger partial charge in [-0.3, -0.25) is 37.9 Å². The van der Waals surface area contributed by atoms with Crippen LogP contribution in [0.3, 0.4) is 0 Å². The van der Waals surface area contributed by atoms with Gasteiger partial charge in [0.2, 0.25) is 23.6 Å². The summed E-state index contributed by atoms with van der Waals surface area (Å²) >= 11 is 0. The topological polar surface area (TPSA) is 491 Å². The monoisotopic (exact) mass is 1080 g/mol. The Balaban J connectivity index is 1.72. The van der Waals surface area contributed by atoms with Gasteiger partial charge < -0.3 is 77.1 Å². The second-order valence-corrected chi connectivity index (χ2v) is 21.2. The molecule has 2 rings (SSSR count). The molecule has 0 saturated carbocycles. The van der Waals surface area contributed by atoms with Crippen molar-refractivity contribution in [3.05, 3.63) is 22.2 Å². The van der Waals surface area contributed by atoms with E-state index in [2.05, 4.69) is 51.2 Å². The van der Waals surface area contributed by atoms with Crippen molar-refractivity contribution < 1.29 is 105 Å². The normalized spacial score (nSPS) is 18.7. The lowest BCUT2D eigenvalue weighted by Crippen LogP contribution is -2.52. The third-order valence-corrected chi connectivity index (χ3v) is 14.9. The number of unbranched alkanes of at least 4 members (excludes halogenated alkanes) is 2. The van der Waals surface area contributed by atoms with E-state index in [0.29, 0.717) is 30.8 Å². The number of nitrogen functional groups attached to an aromatic ring is 1. The molecule has 31 nitrogen and oxygen atoms in total. The van der Waals surface area contributed by atoms with Gasteiger partial charge in [-0.05, 0) is 19.9 Å². The van der Waals surface area contributed by atoms with Gasteiger partial charge in [0, 0.05) is 43.5 Å². The SMILES string of the molecule is CNC(CSSCCC(=O)NCC#Cc1cn([C@H]2C[C@@H](O)[C@@H](COP(=O)(O)OP(=O)(O)OP(=O)(O)O)O2)c(=O)nc1N)C(=O)NCCCCCC(=O)NC(CC(=O)O)C(=O)NC(CC(=O)O)C(=O)O. The van der Waals surface area contributed by atoms with Gasteiger partial charge >= 0.3 is 47.1 Å². The first kappa shape index (κ1) is 60.6. The molecule has 1 aromatic heterocycles. The molecule has 1 fully saturated rings. The van der Waals surface area contributed by atoms with E-state index in [9.17, 15) is 66.9 Å². The van der Waals surface area contributed by atoms with Crippen molar-refractivity contribution in [1.29, 1.82) is 0 Å². The average Bonchev–Trinajstić information content (AvgIpc) is 3.59. The highest BCUT2D eigenvalue weighted by Crippen LogP contribution is 2.66. The zero-order valence-electron chi connectivity index (χ0n) is 36.1. The fraction of sp³-hybridized carbons (Fsp3) is 0.606. The van der Waals surface area contributed by atoms with Crippen molar-refractivity contribution in [3.63, 3.8) is 0 Å². The summed E-state index contributed by atoms with van der Waals surface area (Å²) in [6.45, 7) is -0.869. The minimum absolute atomic E-state index is 0.0153. The minimum Gasteiger partial charge on any atom is -0.481 e. The Bertz CT molecular complexity index is 2280. The maximum atomic E-state index is 12.7. The Labute approximate surface area is 398 Å². The van der Waals surface area contributed by atoms with Gasteiger partial charge in [0.15, 0.2) is 0 Å². The van der Waals surface area contributed by atoms with Crippen molar-refractivity contribution in [3.8, 4) is 11.8 Å². The first-order valence-corrected chi connectivity index (χ1v) is 26.8. The maximum absolute atomic E-state index is 12.7. The molecule has 0 radical (unpaired) electrons. The van der Waals surface area contributed by atoms with E-state index < -0.39 is 115 Å². The number of aliphatic carboxylic acids is 3. The molecule has 1 saturated heterocycles. The summed E-state index contributed by atoms with van der Waals surface area (Å²) in [6.07, 6.45) is -3.98. The van der Waals surface area contributed by atoms with Gasteiger partial charge in [0.1, 0.15) is 30.2 Å². The number of aliphatic hydroxyl groups is 1. The number of hydrogen-bond donors (Lipinski definition) is 14. The zero-order chi connectivity index (χ0) is 52.1. The number of nitrogens with two attached hydrogens (primary N) is 1. The molecule has 69 heavy (non-hydrogen) atoms. The highest BCUT2D eigenvalue weighted by Gasteiger charge is 2.43. The summed E-state index contributed by atoms with van der Waals surface area (Å²) in [5.41, 5.74) is 4.90. The number of hydrogen-bond acceptors (Lipinski definition) is 21. The molecule has 4 amide bonds. The second-order valence-electron chi connectivity index (χ2n) is 14.1. The Morgan fingerprint density at radius 1 is 0.884 bits per heavy atom. The third kappa shape index (κ3) is 24.3. The number of carboxylic acid groups (broad SMARTS) is 3. The smallest absolute Gasteiger partial charge is 0.481 e. The lowest BCUT2D eigenvalue weighted by molar-refractivity contribution is -0.148. The van der Waals surface area contributed by atoms with E-state index in [0.717, 1.165) is 10.8 Å². The van der Waals surface area contributed by atoms with Crippen LogP contribution in [-0.4, -0.2) is 160 Å². The largest absolute Gasteiger partial charge is 0.490 e. The van der Waals surface area contributed by atoms with E-state index in [1.165, 1.54) is 21.6 Å². The van der Waals surface area contributed by atoms with Crippen LogP contribution in [0.4, 0.5) is 5.82 Å². The van der Waals surface area contributed by atoms with Crippen molar-refractivity contribution in [2.45, 2.75) is 87.9 Å². The van der Waals surface area contributed by atoms with Gasteiger partial charge in [0.25, 0.3) is 0 Å². The van der Waals surface area contributed by atoms with Crippen molar-refractivity contribution in [2.24, 2.45) is 0 Å². The second kappa shape index (κ2) is 29.0. The number of carbonyl (C=O) groups excluding carboxylic acids is 4. The molecule has 0 spiro atoms. The average molecular weight is 1080 g/mol. The molecule has 5 unspecified atom stereocenters. The Morgan fingerprint density at radius 2 is 1.55 bits per heavy atom. The van der Waals surface area contributed by atoms with Crippen LogP contribution in [0.2, 0.25) is 0 Å². The molecule has 0 bridgehead atoms. The molecule has 0 aromatic carbocycles. The predicted octanol–water partition coefficient (Wildman–Crippen LogP) is -2.68. The molecule has 2 heterocycles. The van der Waals surface area contributed by atoms with Crippen LogP contribution in [0.1, 0.15) is 63.2 Å². The Kier molecular flexibility index (Phi) is 25.5. The number of rotatable bonds is 31. The summed E-state index contributed by atoms with van der Waals surface area (Å²) in [5, 5.41) is 49.8. The van der Waals surface area contributed by atoms with Crippen LogP contribution in [0, 0.1) is 11.8 Å². The van der Waals surface area contributed by atoms with Gasteiger partial charge in [-0.15, -0.1) is 0 Å². The number of phosphoric ester groups is 1. The number of carboxylic acids is 3. The molecule has 8 atom stereocenters. The lowest BCUT2D eigenvalue weighted by Gasteiger charge is -2.19. The van der Waals surface area contributed by atoms with Crippen LogP contribution in [0.25, 0.3) is 0 Å². The molecule has 15 N–H and O–H groups in total. The number of phosphoric acid groups is 3. The Hall–Kier alpha value is -4.48. The highest BCUT2D eigenvalue weighted by atomic mass is 33.1. The van der Waals surface area contributed by atoms with Crippen LogP contribution in [0.15, 0.2) is 11.0 Å². The van der Waals surface area contributed by atoms with Gasteiger partial charge in [-0.25, -0.2) is 23.3 Å². The van der Waals surface area contributed by atoms with Crippen molar-refractivity contribution in [1.82, 2.24) is 36.1 Å².